The molecule has 0 saturated heterocycles. The lowest BCUT2D eigenvalue weighted by molar-refractivity contribution is -0.118. The average Bonchev–Trinajstić information content (AvgIpc) is 2.60. The monoisotopic (exact) mass is 311 g/mol. The van der Waals surface area contributed by atoms with Gasteiger partial charge < -0.3 is 14.7 Å². The highest BCUT2D eigenvalue weighted by Gasteiger charge is 2.26. The normalized spacial score (nSPS) is 16.8. The molecule has 0 bridgehead atoms. The van der Waals surface area contributed by atoms with Crippen LogP contribution >= 0.6 is 0 Å². The van der Waals surface area contributed by atoms with Crippen LogP contribution in [0.15, 0.2) is 48.5 Å². The van der Waals surface area contributed by atoms with Gasteiger partial charge in [0, 0.05) is 24.2 Å². The number of anilines is 1. The minimum Gasteiger partial charge on any atom is -0.497 e. The minimum absolute atomic E-state index is 0.0974. The van der Waals surface area contributed by atoms with Crippen molar-refractivity contribution in [2.75, 3.05) is 18.6 Å². The summed E-state index contributed by atoms with van der Waals surface area (Å²) >= 11 is 0. The Morgan fingerprint density at radius 2 is 1.96 bits per heavy atom. The summed E-state index contributed by atoms with van der Waals surface area (Å²) < 4.78 is 5.14. The summed E-state index contributed by atoms with van der Waals surface area (Å²) in [7, 11) is 1.64. The Hall–Kier alpha value is -2.33. The molecule has 0 fully saturated rings. The van der Waals surface area contributed by atoms with Crippen molar-refractivity contribution in [1.82, 2.24) is 0 Å². The first kappa shape index (κ1) is 15.6. The third-order valence-electron chi connectivity index (χ3n) is 4.30. The van der Waals surface area contributed by atoms with Crippen molar-refractivity contribution in [2.24, 2.45) is 0 Å². The van der Waals surface area contributed by atoms with E-state index in [4.69, 9.17) is 4.74 Å². The van der Waals surface area contributed by atoms with Crippen LogP contribution in [-0.4, -0.2) is 24.7 Å². The van der Waals surface area contributed by atoms with E-state index in [1.165, 1.54) is 0 Å². The lowest BCUT2D eigenvalue weighted by Gasteiger charge is -2.32. The summed E-state index contributed by atoms with van der Waals surface area (Å²) in [6.45, 7) is 0.569. The van der Waals surface area contributed by atoms with Gasteiger partial charge in [0.1, 0.15) is 5.75 Å². The lowest BCUT2D eigenvalue weighted by Crippen LogP contribution is -2.36. The van der Waals surface area contributed by atoms with Gasteiger partial charge in [-0.05, 0) is 36.6 Å². The number of aryl methyl sites for hydroxylation is 1. The fourth-order valence-corrected chi connectivity index (χ4v) is 2.98. The Kier molecular flexibility index (Phi) is 4.63. The summed E-state index contributed by atoms with van der Waals surface area (Å²) in [5.74, 6) is 0.916. The molecule has 1 heterocycles. The number of fused-ring (bicyclic) bond motifs is 1. The molecule has 0 aromatic heterocycles. The van der Waals surface area contributed by atoms with Crippen molar-refractivity contribution < 1.29 is 14.6 Å². The number of ether oxygens (including phenoxy) is 1. The van der Waals surface area contributed by atoms with Crippen LogP contribution in [0.3, 0.4) is 0 Å². The third-order valence-corrected chi connectivity index (χ3v) is 4.30. The second-order valence-electron chi connectivity index (χ2n) is 5.76. The molecule has 0 spiro atoms. The third kappa shape index (κ3) is 3.37. The first-order valence-corrected chi connectivity index (χ1v) is 7.89. The van der Waals surface area contributed by atoms with E-state index in [0.29, 0.717) is 25.8 Å². The maximum absolute atomic E-state index is 12.6. The fraction of sp³-hybridized carbons (Fsp3) is 0.316. The molecule has 0 radical (unpaired) electrons. The molecule has 1 aliphatic heterocycles. The number of carbonyl (C=O) groups excluding carboxylic acids is 1. The van der Waals surface area contributed by atoms with Crippen LogP contribution in [0.1, 0.15) is 30.1 Å². The van der Waals surface area contributed by atoms with Crippen LogP contribution in [0.2, 0.25) is 0 Å². The molecule has 1 N–H and O–H groups in total. The molecular formula is C19H21NO3. The number of hydrogen-bond acceptors (Lipinski definition) is 3. The SMILES string of the molecule is COc1ccc(CCC(=O)N2CCC(O)c3ccccc32)cc1. The fourth-order valence-electron chi connectivity index (χ4n) is 2.98. The first-order chi connectivity index (χ1) is 11.2. The van der Waals surface area contributed by atoms with Gasteiger partial charge in [-0.2, -0.15) is 0 Å². The molecule has 1 atom stereocenters. The number of carbonyl (C=O) groups is 1. The average molecular weight is 311 g/mol. The molecule has 1 amide bonds. The van der Waals surface area contributed by atoms with Crippen LogP contribution in [0.25, 0.3) is 0 Å². The van der Waals surface area contributed by atoms with E-state index in [-0.39, 0.29) is 5.91 Å². The molecule has 2 aromatic carbocycles. The zero-order valence-electron chi connectivity index (χ0n) is 13.2. The molecule has 0 aliphatic carbocycles. The van der Waals surface area contributed by atoms with Crippen molar-refractivity contribution in [3.8, 4) is 5.75 Å². The maximum atomic E-state index is 12.6. The highest BCUT2D eigenvalue weighted by Crippen LogP contribution is 2.33. The van der Waals surface area contributed by atoms with Crippen molar-refractivity contribution in [2.45, 2.75) is 25.4 Å². The highest BCUT2D eigenvalue weighted by molar-refractivity contribution is 5.94. The number of hydrogen-bond donors (Lipinski definition) is 1. The van der Waals surface area contributed by atoms with E-state index >= 15 is 0 Å². The van der Waals surface area contributed by atoms with E-state index in [0.717, 1.165) is 22.6 Å². The molecule has 3 rings (SSSR count). The Balaban J connectivity index is 1.67. The predicted octanol–water partition coefficient (Wildman–Crippen LogP) is 3.10. The lowest BCUT2D eigenvalue weighted by atomic mass is 9.98. The number of aliphatic hydroxyl groups excluding tert-OH is 1. The summed E-state index contributed by atoms with van der Waals surface area (Å²) in [6.07, 6.45) is 1.27. The Bertz CT molecular complexity index is 681. The summed E-state index contributed by atoms with van der Waals surface area (Å²) in [5.41, 5.74) is 2.80. The number of methoxy groups -OCH3 is 1. The van der Waals surface area contributed by atoms with Crippen LogP contribution in [0.5, 0.6) is 5.75 Å². The van der Waals surface area contributed by atoms with Crippen LogP contribution in [0.4, 0.5) is 5.69 Å². The largest absolute Gasteiger partial charge is 0.497 e. The van der Waals surface area contributed by atoms with Crippen molar-refractivity contribution in [3.63, 3.8) is 0 Å². The topological polar surface area (TPSA) is 49.8 Å². The molecule has 4 nitrogen and oxygen atoms in total. The number of rotatable bonds is 4. The molecule has 1 unspecified atom stereocenters. The minimum atomic E-state index is -0.475. The standard InChI is InChI=1S/C19H21NO3/c1-23-15-9-6-14(7-10-15)8-11-19(22)20-13-12-18(21)16-4-2-3-5-17(16)20/h2-7,9-10,18,21H,8,11-13H2,1H3. The van der Waals surface area contributed by atoms with Crippen LogP contribution < -0.4 is 9.64 Å². The van der Waals surface area contributed by atoms with E-state index in [2.05, 4.69) is 0 Å². The Morgan fingerprint density at radius 3 is 2.70 bits per heavy atom. The number of amides is 1. The molecule has 23 heavy (non-hydrogen) atoms. The summed E-state index contributed by atoms with van der Waals surface area (Å²) in [5, 5.41) is 10.1. The van der Waals surface area contributed by atoms with Gasteiger partial charge in [-0.1, -0.05) is 30.3 Å². The molecule has 4 heteroatoms. The van der Waals surface area contributed by atoms with Gasteiger partial charge in [0.15, 0.2) is 0 Å². The second-order valence-corrected chi connectivity index (χ2v) is 5.76. The van der Waals surface area contributed by atoms with Gasteiger partial charge in [-0.25, -0.2) is 0 Å². The number of nitrogens with zero attached hydrogens (tertiary/aromatic N) is 1. The zero-order chi connectivity index (χ0) is 16.2. The molecule has 1 aliphatic rings. The van der Waals surface area contributed by atoms with Crippen LogP contribution in [0, 0.1) is 0 Å². The molecule has 0 saturated carbocycles. The highest BCUT2D eigenvalue weighted by atomic mass is 16.5. The smallest absolute Gasteiger partial charge is 0.227 e. The quantitative estimate of drug-likeness (QED) is 0.944. The van der Waals surface area contributed by atoms with E-state index in [9.17, 15) is 9.90 Å². The van der Waals surface area contributed by atoms with Gasteiger partial charge in [0.2, 0.25) is 5.91 Å². The maximum Gasteiger partial charge on any atom is 0.227 e. The second kappa shape index (κ2) is 6.84. The van der Waals surface area contributed by atoms with Crippen LogP contribution in [-0.2, 0) is 11.2 Å². The molecule has 120 valence electrons. The number of para-hydroxylation sites is 1. The molecular weight excluding hydrogens is 290 g/mol. The Morgan fingerprint density at radius 1 is 1.22 bits per heavy atom. The van der Waals surface area contributed by atoms with Gasteiger partial charge in [-0.3, -0.25) is 4.79 Å². The van der Waals surface area contributed by atoms with Gasteiger partial charge in [0.05, 0.1) is 13.2 Å². The van der Waals surface area contributed by atoms with E-state index in [1.54, 1.807) is 12.0 Å². The van der Waals surface area contributed by atoms with Gasteiger partial charge >= 0.3 is 0 Å². The Labute approximate surface area is 136 Å². The van der Waals surface area contributed by atoms with Gasteiger partial charge in [0.25, 0.3) is 0 Å². The predicted molar refractivity (Wildman–Crippen MR) is 89.7 cm³/mol. The first-order valence-electron chi connectivity index (χ1n) is 7.89. The van der Waals surface area contributed by atoms with Crippen molar-refractivity contribution in [3.05, 3.63) is 59.7 Å². The van der Waals surface area contributed by atoms with Crippen molar-refractivity contribution >= 4 is 11.6 Å². The number of aliphatic hydroxyl groups is 1. The summed E-state index contributed by atoms with van der Waals surface area (Å²) in [4.78, 5) is 14.4. The van der Waals surface area contributed by atoms with Gasteiger partial charge in [-0.15, -0.1) is 0 Å². The summed E-state index contributed by atoms with van der Waals surface area (Å²) in [6, 6.07) is 15.4. The van der Waals surface area contributed by atoms with E-state index < -0.39 is 6.10 Å². The molecule has 2 aromatic rings. The van der Waals surface area contributed by atoms with E-state index in [1.807, 2.05) is 48.5 Å². The zero-order valence-corrected chi connectivity index (χ0v) is 13.2. The number of benzene rings is 2. The van der Waals surface area contributed by atoms with Crippen molar-refractivity contribution in [1.29, 1.82) is 0 Å².